The third kappa shape index (κ3) is 8.57. The number of rotatable bonds is 6. The maximum absolute atomic E-state index is 15.5. The fourth-order valence-electron chi connectivity index (χ4n) is 8.89. The van der Waals surface area contributed by atoms with Gasteiger partial charge in [0.2, 0.25) is 0 Å². The topological polar surface area (TPSA) is 52.5 Å². The number of nitriles is 2. The summed E-state index contributed by atoms with van der Waals surface area (Å²) in [5, 5.41) is 24.1. The predicted octanol–water partition coefficient (Wildman–Crippen LogP) is 15.6. The van der Waals surface area contributed by atoms with E-state index in [0.717, 1.165) is 45.8 Å². The van der Waals surface area contributed by atoms with Crippen molar-refractivity contribution in [3.63, 3.8) is 0 Å². The average Bonchev–Trinajstić information content (AvgIpc) is 3.63. The monoisotopic (exact) mass is 944 g/mol. The van der Waals surface area contributed by atoms with Crippen molar-refractivity contribution in [1.82, 2.24) is 4.57 Å². The van der Waals surface area contributed by atoms with Gasteiger partial charge in [0, 0.05) is 38.5 Å². The Hall–Kier alpha value is -7.50. The molecule has 1 radical (unpaired) electrons. The maximum atomic E-state index is 15.5. The van der Waals surface area contributed by atoms with Crippen LogP contribution in [0.1, 0.15) is 53.1 Å². The van der Waals surface area contributed by atoms with Crippen molar-refractivity contribution in [2.24, 2.45) is 0 Å². The van der Waals surface area contributed by atoms with Gasteiger partial charge in [-0.1, -0.05) is 152 Å². The molecule has 1 heterocycles. The zero-order valence-electron chi connectivity index (χ0n) is 36.9. The van der Waals surface area contributed by atoms with E-state index < -0.39 is 11.6 Å². The van der Waals surface area contributed by atoms with E-state index in [9.17, 15) is 10.5 Å². The zero-order valence-corrected chi connectivity index (χ0v) is 38.6. The van der Waals surface area contributed by atoms with Crippen LogP contribution >= 0.6 is 0 Å². The van der Waals surface area contributed by atoms with E-state index in [1.165, 1.54) is 34.4 Å². The number of hydrogen-bond donors (Lipinski definition) is 0. The molecule has 0 atom stereocenters. The second-order valence-corrected chi connectivity index (χ2v) is 16.5. The van der Waals surface area contributed by atoms with Crippen LogP contribution in [0.5, 0.6) is 0 Å². The van der Waals surface area contributed by atoms with Crippen molar-refractivity contribution in [2.45, 2.75) is 40.5 Å². The van der Waals surface area contributed by atoms with Crippen LogP contribution in [0, 0.1) is 73.3 Å². The van der Waals surface area contributed by atoms with Crippen molar-refractivity contribution >= 4 is 27.4 Å². The van der Waals surface area contributed by atoms with Crippen molar-refractivity contribution < 1.29 is 28.3 Å². The van der Waals surface area contributed by atoms with Crippen LogP contribution in [-0.4, -0.2) is 4.57 Å². The molecule has 1 aromatic heterocycles. The number of fused-ring (bicyclic) bond motifs is 3. The maximum Gasteiger partial charge on any atom is 3.00 e. The van der Waals surface area contributed by atoms with Crippen molar-refractivity contribution in [3.05, 3.63) is 227 Å². The first-order valence-corrected chi connectivity index (χ1v) is 21.6. The summed E-state index contributed by atoms with van der Waals surface area (Å²) in [5.74, 6) is -0.819. The summed E-state index contributed by atoms with van der Waals surface area (Å²) >= 11 is 0. The molecule has 0 fully saturated rings. The molecule has 0 unspecified atom stereocenters. The molecular formula is C60H42F2N3Ru. The van der Waals surface area contributed by atoms with E-state index in [4.69, 9.17) is 0 Å². The Kier molecular flexibility index (Phi) is 13.2. The number of allylic oxidation sites excluding steroid dienone is 4. The summed E-state index contributed by atoms with van der Waals surface area (Å²) in [6, 6.07) is 57.8. The minimum absolute atomic E-state index is 0. The summed E-state index contributed by atoms with van der Waals surface area (Å²) in [7, 11) is 0. The smallest absolute Gasteiger partial charge is 0.341 e. The Bertz CT molecular complexity index is 3430. The van der Waals surface area contributed by atoms with Gasteiger partial charge in [-0.3, -0.25) is 17.2 Å². The summed E-state index contributed by atoms with van der Waals surface area (Å²) in [4.78, 5) is 0. The molecule has 0 spiro atoms. The first-order valence-electron chi connectivity index (χ1n) is 21.6. The van der Waals surface area contributed by atoms with Gasteiger partial charge in [-0.05, 0) is 84.3 Å². The largest absolute Gasteiger partial charge is 3.00 e. The summed E-state index contributed by atoms with van der Waals surface area (Å²) in [6.07, 6.45) is 7.81. The molecule has 3 nitrogen and oxygen atoms in total. The molecule has 0 aliphatic heterocycles. The Morgan fingerprint density at radius 1 is 0.576 bits per heavy atom. The van der Waals surface area contributed by atoms with Crippen molar-refractivity contribution in [3.8, 4) is 62.3 Å². The van der Waals surface area contributed by atoms with Gasteiger partial charge in [-0.15, -0.1) is 23.3 Å². The minimum atomic E-state index is -0.422. The number of benzene rings is 8. The molecule has 0 saturated heterocycles. The average molecular weight is 944 g/mol. The summed E-state index contributed by atoms with van der Waals surface area (Å²) in [6.45, 7) is 8.37. The number of aryl methyl sites for hydroxylation is 3. The Balaban J connectivity index is 0.000000337. The molecular weight excluding hydrogens is 902 g/mol. The van der Waals surface area contributed by atoms with E-state index in [2.05, 4.69) is 79.1 Å². The number of aromatic nitrogens is 1. The molecule has 0 bridgehead atoms. The van der Waals surface area contributed by atoms with Gasteiger partial charge in [-0.2, -0.15) is 17.4 Å². The second kappa shape index (κ2) is 19.3. The van der Waals surface area contributed by atoms with Gasteiger partial charge in [0.1, 0.15) is 11.6 Å². The molecule has 9 aromatic rings. The molecule has 1 aliphatic carbocycles. The Morgan fingerprint density at radius 2 is 1.09 bits per heavy atom. The normalized spacial score (nSPS) is 12.0. The first-order chi connectivity index (χ1) is 31.6. The van der Waals surface area contributed by atoms with E-state index in [1.807, 2.05) is 86.6 Å². The van der Waals surface area contributed by atoms with Crippen LogP contribution in [0.4, 0.5) is 8.78 Å². The quantitative estimate of drug-likeness (QED) is 0.123. The van der Waals surface area contributed by atoms with Gasteiger partial charge in [-0.25, -0.2) is 26.2 Å². The molecule has 1 aliphatic rings. The molecule has 0 saturated carbocycles. The van der Waals surface area contributed by atoms with Gasteiger partial charge in [0.25, 0.3) is 0 Å². The third-order valence-electron chi connectivity index (χ3n) is 11.9. The van der Waals surface area contributed by atoms with Crippen LogP contribution in [0.3, 0.4) is 0 Å². The molecule has 0 N–H and O–H groups in total. The predicted molar refractivity (Wildman–Crippen MR) is 260 cm³/mol. The van der Waals surface area contributed by atoms with Crippen LogP contribution in [0.25, 0.3) is 77.6 Å². The van der Waals surface area contributed by atoms with Crippen LogP contribution in [-0.2, 0) is 19.5 Å². The fourth-order valence-corrected chi connectivity index (χ4v) is 8.89. The number of halogens is 2. The standard InChI is InChI=1S/C46H28F2N3.C14H14.Ru/c1-28-19-21-43-37(23-28)38-24-29(2)20-22-44(38)51(43)46-39(32-12-4-3-11-31(32)34-14-7-9-17-41(34)47)25-30(26-49)45(40(46)27-50)36-16-6-5-13-33(36)35-15-8-10-18-42(35)48;1-11-5-3-7-13(9-11)14-8-4-6-12(2)10-14;/h3-24H,1-2H3;3,5,9-10H,4,6H2,1-2H3;/q-1;-2;+3. The SMILES string of the molecule is CC1=CC(c2[c-]ccc(C)c2)=[C-]CC1.Cc1ccc2c(c1)c1cc(C)ccc1n2-c1c(-c2ccccc2-c2ccccc2F)[c-]c(C#N)c(-c2ccccc2-c2ccccc2F)c1C#N.[Ru+3]. The van der Waals surface area contributed by atoms with Gasteiger partial charge < -0.3 is 4.57 Å². The first kappa shape index (κ1) is 45.1. The van der Waals surface area contributed by atoms with E-state index in [1.54, 1.807) is 42.5 Å². The molecule has 6 heteroatoms. The van der Waals surface area contributed by atoms with E-state index in [-0.39, 0.29) is 30.6 Å². The molecule has 66 heavy (non-hydrogen) atoms. The Morgan fingerprint density at radius 3 is 1.62 bits per heavy atom. The molecule has 10 rings (SSSR count). The zero-order chi connectivity index (χ0) is 45.2. The van der Waals surface area contributed by atoms with Crippen molar-refractivity contribution in [2.75, 3.05) is 0 Å². The number of nitrogens with zero attached hydrogens (tertiary/aromatic N) is 3. The van der Waals surface area contributed by atoms with E-state index >= 15 is 8.78 Å². The molecule has 8 aromatic carbocycles. The molecule has 319 valence electrons. The van der Waals surface area contributed by atoms with Crippen molar-refractivity contribution in [1.29, 1.82) is 10.5 Å². The summed E-state index contributed by atoms with van der Waals surface area (Å²) in [5.41, 5.74) is 13.6. The minimum Gasteiger partial charge on any atom is -0.341 e. The van der Waals surface area contributed by atoms with Crippen LogP contribution < -0.4 is 0 Å². The van der Waals surface area contributed by atoms with Gasteiger partial charge in [0.15, 0.2) is 0 Å². The fraction of sp³-hybridized carbons (Fsp3) is 0.100. The number of hydrogen-bond acceptors (Lipinski definition) is 2. The van der Waals surface area contributed by atoms with Gasteiger partial charge >= 0.3 is 19.5 Å². The third-order valence-corrected chi connectivity index (χ3v) is 11.9. The second-order valence-electron chi connectivity index (χ2n) is 16.5. The van der Waals surface area contributed by atoms with Crippen LogP contribution in [0.2, 0.25) is 0 Å². The Labute approximate surface area is 398 Å². The van der Waals surface area contributed by atoms with Crippen LogP contribution in [0.15, 0.2) is 163 Å². The van der Waals surface area contributed by atoms with E-state index in [0.29, 0.717) is 50.2 Å². The molecule has 0 amide bonds. The van der Waals surface area contributed by atoms with Gasteiger partial charge in [0.05, 0.1) is 6.07 Å². The summed E-state index contributed by atoms with van der Waals surface area (Å²) < 4.78 is 33.0.